The van der Waals surface area contributed by atoms with E-state index in [-0.39, 0.29) is 0 Å². The summed E-state index contributed by atoms with van der Waals surface area (Å²) in [5, 5.41) is 0.943. The Morgan fingerprint density at radius 3 is 2.47 bits per heavy atom. The standard InChI is InChI=1S/C11H13BrO2.C2H6O/c1-9-7-11(14-6-2-5-12)4-3-10(9)8-13;1-3-2/h3-4,7-8H,2,5-6H2,1H3;1-2H3. The molecule has 0 amide bonds. The van der Waals surface area contributed by atoms with Crippen molar-refractivity contribution in [3.8, 4) is 5.75 Å². The van der Waals surface area contributed by atoms with Gasteiger partial charge in [0.1, 0.15) is 12.0 Å². The minimum atomic E-state index is 0.700. The molecule has 0 saturated carbocycles. The van der Waals surface area contributed by atoms with E-state index in [1.165, 1.54) is 0 Å². The third-order valence-corrected chi connectivity index (χ3v) is 2.48. The van der Waals surface area contributed by atoms with Crippen molar-refractivity contribution in [3.63, 3.8) is 0 Å². The summed E-state index contributed by atoms with van der Waals surface area (Å²) in [5.41, 5.74) is 1.68. The molecule has 0 atom stereocenters. The fourth-order valence-corrected chi connectivity index (χ4v) is 1.34. The summed E-state index contributed by atoms with van der Waals surface area (Å²) in [6.45, 7) is 2.60. The maximum atomic E-state index is 10.6. The second-order valence-corrected chi connectivity index (χ2v) is 4.23. The number of benzene rings is 1. The first-order valence-electron chi connectivity index (χ1n) is 5.34. The predicted molar refractivity (Wildman–Crippen MR) is 73.4 cm³/mol. The van der Waals surface area contributed by atoms with Gasteiger partial charge < -0.3 is 9.47 Å². The molecule has 0 aromatic heterocycles. The number of aryl methyl sites for hydroxylation is 1. The summed E-state index contributed by atoms with van der Waals surface area (Å²) >= 11 is 3.33. The molecule has 0 unspecified atom stereocenters. The number of methoxy groups -OCH3 is 1. The summed E-state index contributed by atoms with van der Waals surface area (Å²) in [4.78, 5) is 10.6. The van der Waals surface area contributed by atoms with Crippen molar-refractivity contribution in [1.29, 1.82) is 0 Å². The number of halogens is 1. The van der Waals surface area contributed by atoms with Gasteiger partial charge in [-0.25, -0.2) is 0 Å². The SMILES string of the molecule is COC.Cc1cc(OCCCBr)ccc1C=O. The lowest BCUT2D eigenvalue weighted by Crippen LogP contribution is -1.98. The third kappa shape index (κ3) is 7.13. The van der Waals surface area contributed by atoms with Gasteiger partial charge in [-0.3, -0.25) is 4.79 Å². The molecule has 1 aromatic rings. The lowest BCUT2D eigenvalue weighted by atomic mass is 10.1. The van der Waals surface area contributed by atoms with Gasteiger partial charge in [-0.2, -0.15) is 0 Å². The first-order valence-corrected chi connectivity index (χ1v) is 6.46. The molecule has 0 N–H and O–H groups in total. The van der Waals surface area contributed by atoms with Crippen LogP contribution in [0.3, 0.4) is 0 Å². The predicted octanol–water partition coefficient (Wildman–Crippen LogP) is 3.23. The topological polar surface area (TPSA) is 35.5 Å². The molecule has 0 heterocycles. The summed E-state index contributed by atoms with van der Waals surface area (Å²) in [7, 11) is 3.25. The molecule has 0 fully saturated rings. The van der Waals surface area contributed by atoms with Gasteiger partial charge in [-0.05, 0) is 37.1 Å². The summed E-state index contributed by atoms with van der Waals surface area (Å²) in [6, 6.07) is 5.49. The number of carbonyl (C=O) groups is 1. The Kier molecular flexibility index (Phi) is 9.77. The highest BCUT2D eigenvalue weighted by Gasteiger charge is 1.99. The van der Waals surface area contributed by atoms with Crippen LogP contribution < -0.4 is 4.74 Å². The van der Waals surface area contributed by atoms with Crippen LogP contribution in [0.4, 0.5) is 0 Å². The van der Waals surface area contributed by atoms with Crippen LogP contribution in [0.5, 0.6) is 5.75 Å². The van der Waals surface area contributed by atoms with Gasteiger partial charge in [0.2, 0.25) is 0 Å². The fraction of sp³-hybridized carbons (Fsp3) is 0.462. The second kappa shape index (κ2) is 10.3. The van der Waals surface area contributed by atoms with Gasteiger partial charge in [-0.15, -0.1) is 0 Å². The number of ether oxygens (including phenoxy) is 2. The smallest absolute Gasteiger partial charge is 0.150 e. The average molecular weight is 303 g/mol. The minimum absolute atomic E-state index is 0.700. The van der Waals surface area contributed by atoms with Crippen molar-refractivity contribution in [2.75, 3.05) is 26.2 Å². The molecule has 0 aliphatic heterocycles. The van der Waals surface area contributed by atoms with Crippen molar-refractivity contribution >= 4 is 22.2 Å². The van der Waals surface area contributed by atoms with Crippen molar-refractivity contribution in [3.05, 3.63) is 29.3 Å². The average Bonchev–Trinajstić information content (AvgIpc) is 2.31. The molecule has 0 radical (unpaired) electrons. The van der Waals surface area contributed by atoms with Gasteiger partial charge in [0.25, 0.3) is 0 Å². The van der Waals surface area contributed by atoms with E-state index in [1.807, 2.05) is 19.1 Å². The first-order chi connectivity index (χ1) is 8.19. The number of carbonyl (C=O) groups excluding carboxylic acids is 1. The molecule has 4 heteroatoms. The Morgan fingerprint density at radius 2 is 2.00 bits per heavy atom. The van der Waals surface area contributed by atoms with Crippen LogP contribution in [0.15, 0.2) is 18.2 Å². The van der Waals surface area contributed by atoms with Crippen LogP contribution in [0.25, 0.3) is 0 Å². The van der Waals surface area contributed by atoms with Gasteiger partial charge in [-0.1, -0.05) is 15.9 Å². The molecule has 1 rings (SSSR count). The summed E-state index contributed by atoms with van der Waals surface area (Å²) in [6.07, 6.45) is 1.84. The monoisotopic (exact) mass is 302 g/mol. The van der Waals surface area contributed by atoms with Gasteiger partial charge >= 0.3 is 0 Å². The van der Waals surface area contributed by atoms with Crippen molar-refractivity contribution in [2.24, 2.45) is 0 Å². The van der Waals surface area contributed by atoms with E-state index >= 15 is 0 Å². The van der Waals surface area contributed by atoms with Gasteiger partial charge in [0, 0.05) is 25.1 Å². The van der Waals surface area contributed by atoms with Crippen LogP contribution in [0.2, 0.25) is 0 Å². The van der Waals surface area contributed by atoms with E-state index in [9.17, 15) is 4.79 Å². The fourth-order valence-electron chi connectivity index (χ4n) is 1.11. The molecule has 1 aromatic carbocycles. The largest absolute Gasteiger partial charge is 0.494 e. The van der Waals surface area contributed by atoms with Crippen LogP contribution in [0, 0.1) is 6.92 Å². The summed E-state index contributed by atoms with van der Waals surface area (Å²) in [5.74, 6) is 0.828. The van der Waals surface area contributed by atoms with E-state index in [4.69, 9.17) is 4.74 Å². The van der Waals surface area contributed by atoms with E-state index in [0.29, 0.717) is 6.61 Å². The zero-order valence-corrected chi connectivity index (χ0v) is 12.1. The first kappa shape index (κ1) is 16.1. The van der Waals surface area contributed by atoms with E-state index in [1.54, 1.807) is 20.3 Å². The molecule has 0 bridgehead atoms. The molecule has 0 saturated heterocycles. The number of hydrogen-bond acceptors (Lipinski definition) is 3. The van der Waals surface area contributed by atoms with Crippen LogP contribution >= 0.6 is 15.9 Å². The Balaban J connectivity index is 0.000000770. The molecule has 17 heavy (non-hydrogen) atoms. The molecular formula is C13H19BrO3. The third-order valence-electron chi connectivity index (χ3n) is 1.91. The number of rotatable bonds is 5. The number of aldehydes is 1. The Labute approximate surface area is 111 Å². The maximum absolute atomic E-state index is 10.6. The van der Waals surface area contributed by atoms with Gasteiger partial charge in [0.05, 0.1) is 6.61 Å². The summed E-state index contributed by atoms with van der Waals surface area (Å²) < 4.78 is 9.73. The van der Waals surface area contributed by atoms with Crippen molar-refractivity contribution in [1.82, 2.24) is 0 Å². The van der Waals surface area contributed by atoms with E-state index < -0.39 is 0 Å². The van der Waals surface area contributed by atoms with Crippen LogP contribution in [-0.4, -0.2) is 32.4 Å². The maximum Gasteiger partial charge on any atom is 0.150 e. The molecule has 0 spiro atoms. The molecule has 3 nitrogen and oxygen atoms in total. The molecule has 96 valence electrons. The molecule has 0 aliphatic rings. The van der Waals surface area contributed by atoms with Crippen LogP contribution in [0.1, 0.15) is 22.3 Å². The van der Waals surface area contributed by atoms with Crippen molar-refractivity contribution in [2.45, 2.75) is 13.3 Å². The second-order valence-electron chi connectivity index (χ2n) is 3.44. The highest BCUT2D eigenvalue weighted by molar-refractivity contribution is 9.09. The van der Waals surface area contributed by atoms with Crippen LogP contribution in [-0.2, 0) is 4.74 Å². The Bertz CT molecular complexity index is 326. The lowest BCUT2D eigenvalue weighted by Gasteiger charge is -2.06. The lowest BCUT2D eigenvalue weighted by molar-refractivity contribution is 0.112. The highest BCUT2D eigenvalue weighted by atomic mass is 79.9. The zero-order valence-electron chi connectivity index (χ0n) is 10.5. The van der Waals surface area contributed by atoms with Crippen molar-refractivity contribution < 1.29 is 14.3 Å². The van der Waals surface area contributed by atoms with E-state index in [2.05, 4.69) is 20.7 Å². The molecule has 0 aliphatic carbocycles. The minimum Gasteiger partial charge on any atom is -0.494 e. The quantitative estimate of drug-likeness (QED) is 0.476. The molecular weight excluding hydrogens is 284 g/mol. The number of hydrogen-bond donors (Lipinski definition) is 0. The Hall–Kier alpha value is -0.870. The normalized spacial score (nSPS) is 9.18. The van der Waals surface area contributed by atoms with Gasteiger partial charge in [0.15, 0.2) is 0 Å². The highest BCUT2D eigenvalue weighted by Crippen LogP contribution is 2.16. The van der Waals surface area contributed by atoms with E-state index in [0.717, 1.165) is 34.9 Å². The number of alkyl halides is 1. The zero-order chi connectivity index (χ0) is 13.1. The Morgan fingerprint density at radius 1 is 1.35 bits per heavy atom.